The van der Waals surface area contributed by atoms with Gasteiger partial charge in [-0.05, 0) is 81.3 Å². The monoisotopic (exact) mass is 820 g/mol. The first-order valence-electron chi connectivity index (χ1n) is 19.4. The quantitative estimate of drug-likeness (QED) is 0.0661. The molecule has 59 heavy (non-hydrogen) atoms. The van der Waals surface area contributed by atoms with E-state index >= 15 is 0 Å². The number of anilines is 1. The van der Waals surface area contributed by atoms with Gasteiger partial charge < -0.3 is 34.8 Å². The largest absolute Gasteiger partial charge is 0.447 e. The van der Waals surface area contributed by atoms with E-state index in [2.05, 4.69) is 15.6 Å². The van der Waals surface area contributed by atoms with Crippen LogP contribution in [0.2, 0.25) is 5.04 Å². The Hall–Kier alpha value is -6.32. The highest BCUT2D eigenvalue weighted by molar-refractivity contribution is 7.01. The third-order valence-corrected chi connectivity index (χ3v) is 14.6. The SMILES string of the molecule is C[C@@H](CC/C=C/C(N)=O)NC(=O)OCCO[Si](c1ccccc1)(c1ccccc1)C(C)(C)C(=O)Nc1cccn(Cc2nc3ccccc3n2C(=O)OC(C)(C)C)c1=O. The molecule has 0 unspecified atom stereocenters. The van der Waals surface area contributed by atoms with Crippen molar-refractivity contribution >= 4 is 59.4 Å². The predicted octanol–water partition coefficient (Wildman–Crippen LogP) is 5.46. The molecular weight excluding hydrogens is 769 g/mol. The number of carbonyl (C=O) groups excluding carboxylic acids is 4. The van der Waals surface area contributed by atoms with Crippen LogP contribution in [0.4, 0.5) is 15.3 Å². The van der Waals surface area contributed by atoms with Crippen molar-refractivity contribution < 1.29 is 33.1 Å². The molecule has 3 aromatic carbocycles. The van der Waals surface area contributed by atoms with Gasteiger partial charge in [-0.15, -0.1) is 0 Å². The normalized spacial score (nSPS) is 12.6. The Balaban J connectivity index is 1.41. The van der Waals surface area contributed by atoms with Crippen LogP contribution in [0.15, 0.2) is 120 Å². The van der Waals surface area contributed by atoms with Crippen molar-refractivity contribution in [1.29, 1.82) is 0 Å². The smallest absolute Gasteiger partial charge is 0.420 e. The number of aromatic nitrogens is 3. The minimum absolute atomic E-state index is 0.0220. The number of para-hydroxylation sites is 2. The van der Waals surface area contributed by atoms with Gasteiger partial charge in [-0.2, -0.15) is 0 Å². The fraction of sp³-hybridized carbons (Fsp3) is 0.318. The van der Waals surface area contributed by atoms with Crippen LogP contribution >= 0.6 is 0 Å². The molecule has 0 saturated carbocycles. The Morgan fingerprint density at radius 3 is 2.12 bits per heavy atom. The lowest BCUT2D eigenvalue weighted by Gasteiger charge is -2.43. The number of rotatable bonds is 16. The summed E-state index contributed by atoms with van der Waals surface area (Å²) in [6.07, 6.45) is 4.34. The summed E-state index contributed by atoms with van der Waals surface area (Å²) >= 11 is 0. The minimum atomic E-state index is -3.62. The van der Waals surface area contributed by atoms with Crippen molar-refractivity contribution in [3.63, 3.8) is 0 Å². The summed E-state index contributed by atoms with van der Waals surface area (Å²) in [6.45, 7) is 10.5. The van der Waals surface area contributed by atoms with Gasteiger partial charge >= 0.3 is 12.2 Å². The molecule has 4 N–H and O–H groups in total. The molecule has 2 heterocycles. The highest BCUT2D eigenvalue weighted by atomic mass is 28.4. The number of amides is 3. The highest BCUT2D eigenvalue weighted by Crippen LogP contribution is 2.39. The van der Waals surface area contributed by atoms with E-state index in [0.29, 0.717) is 23.9 Å². The molecule has 5 aromatic rings. The van der Waals surface area contributed by atoms with Crippen molar-refractivity contribution in [2.75, 3.05) is 18.5 Å². The number of hydrogen-bond donors (Lipinski definition) is 3. The molecule has 0 radical (unpaired) electrons. The molecule has 15 heteroatoms. The van der Waals surface area contributed by atoms with Gasteiger partial charge in [-0.25, -0.2) is 19.1 Å². The minimum Gasteiger partial charge on any atom is -0.447 e. The zero-order valence-electron chi connectivity index (χ0n) is 34.3. The molecule has 5 rings (SSSR count). The summed E-state index contributed by atoms with van der Waals surface area (Å²) in [5.41, 5.74) is 4.97. The number of benzene rings is 3. The topological polar surface area (TPSA) is 186 Å². The number of allylic oxidation sites excluding steroid dienone is 1. The van der Waals surface area contributed by atoms with E-state index in [4.69, 9.17) is 19.6 Å². The zero-order chi connectivity index (χ0) is 42.8. The van der Waals surface area contributed by atoms with Gasteiger partial charge in [-0.3, -0.25) is 14.4 Å². The van der Waals surface area contributed by atoms with Crippen molar-refractivity contribution in [3.8, 4) is 0 Å². The maximum Gasteiger partial charge on any atom is 0.420 e. The number of carbonyl (C=O) groups is 4. The predicted molar refractivity (Wildman–Crippen MR) is 229 cm³/mol. The number of fused-ring (bicyclic) bond motifs is 1. The average molecular weight is 821 g/mol. The summed E-state index contributed by atoms with van der Waals surface area (Å²) in [4.78, 5) is 70.6. The van der Waals surface area contributed by atoms with E-state index in [1.54, 1.807) is 71.2 Å². The van der Waals surface area contributed by atoms with E-state index in [9.17, 15) is 24.0 Å². The number of nitrogens with one attached hydrogen (secondary N) is 2. The maximum atomic E-state index is 14.7. The van der Waals surface area contributed by atoms with Gasteiger partial charge in [0, 0.05) is 12.2 Å². The van der Waals surface area contributed by atoms with Gasteiger partial charge in [-0.1, -0.05) is 92.7 Å². The molecule has 310 valence electrons. The fourth-order valence-electron chi connectivity index (χ4n) is 6.81. The van der Waals surface area contributed by atoms with Crippen LogP contribution in [-0.2, 0) is 30.0 Å². The summed E-state index contributed by atoms with van der Waals surface area (Å²) in [5, 5.41) is 5.99. The van der Waals surface area contributed by atoms with Crippen molar-refractivity contribution in [2.45, 2.75) is 77.6 Å². The summed E-state index contributed by atoms with van der Waals surface area (Å²) in [5.74, 6) is -0.723. The van der Waals surface area contributed by atoms with Gasteiger partial charge in [0.1, 0.15) is 23.7 Å². The Labute approximate surface area is 344 Å². The zero-order valence-corrected chi connectivity index (χ0v) is 35.3. The number of nitrogens with zero attached hydrogens (tertiary/aromatic N) is 3. The fourth-order valence-corrected chi connectivity index (χ4v) is 11.4. The molecule has 0 spiro atoms. The first kappa shape index (κ1) is 43.8. The first-order valence-corrected chi connectivity index (χ1v) is 21.3. The number of nitrogens with two attached hydrogens (primary N) is 1. The molecule has 0 bridgehead atoms. The van der Waals surface area contributed by atoms with Crippen LogP contribution in [-0.4, -0.2) is 71.3 Å². The number of pyridine rings is 1. The van der Waals surface area contributed by atoms with E-state index < -0.39 is 48.5 Å². The number of primary amides is 1. The Morgan fingerprint density at radius 1 is 0.864 bits per heavy atom. The van der Waals surface area contributed by atoms with Gasteiger partial charge in [0.05, 0.1) is 29.2 Å². The lowest BCUT2D eigenvalue weighted by Crippen LogP contribution is -2.70. The van der Waals surface area contributed by atoms with E-state index in [1.165, 1.54) is 21.3 Å². The Kier molecular flexibility index (Phi) is 14.1. The number of ether oxygens (including phenoxy) is 2. The van der Waals surface area contributed by atoms with Crippen molar-refractivity contribution in [2.24, 2.45) is 5.73 Å². The molecule has 3 amide bonds. The van der Waals surface area contributed by atoms with E-state index in [0.717, 1.165) is 10.4 Å². The second kappa shape index (κ2) is 19.0. The van der Waals surface area contributed by atoms with Gasteiger partial charge in [0.25, 0.3) is 13.9 Å². The Morgan fingerprint density at radius 2 is 1.49 bits per heavy atom. The average Bonchev–Trinajstić information content (AvgIpc) is 3.56. The van der Waals surface area contributed by atoms with Crippen LogP contribution in [0.3, 0.4) is 0 Å². The van der Waals surface area contributed by atoms with Crippen LogP contribution in [0, 0.1) is 0 Å². The molecule has 0 saturated heterocycles. The maximum absolute atomic E-state index is 14.7. The lowest BCUT2D eigenvalue weighted by atomic mass is 10.2. The van der Waals surface area contributed by atoms with E-state index in [1.807, 2.05) is 73.7 Å². The molecule has 0 aliphatic rings. The van der Waals surface area contributed by atoms with Crippen LogP contribution in [0.25, 0.3) is 11.0 Å². The number of imidazole rings is 1. The van der Waals surface area contributed by atoms with Gasteiger partial charge in [0.15, 0.2) is 0 Å². The number of hydrogen-bond acceptors (Lipinski definition) is 9. The first-order chi connectivity index (χ1) is 28.0. The third kappa shape index (κ3) is 10.6. The Bertz CT molecular complexity index is 2310. The second-order valence-corrected chi connectivity index (χ2v) is 19.6. The summed E-state index contributed by atoms with van der Waals surface area (Å²) in [7, 11) is -3.62. The summed E-state index contributed by atoms with van der Waals surface area (Å²) in [6, 6.07) is 29.0. The van der Waals surface area contributed by atoms with Crippen molar-refractivity contribution in [1.82, 2.24) is 19.4 Å². The lowest BCUT2D eigenvalue weighted by molar-refractivity contribution is -0.118. The molecule has 0 aliphatic heterocycles. The second-order valence-electron chi connectivity index (χ2n) is 15.6. The van der Waals surface area contributed by atoms with Crippen molar-refractivity contribution in [3.05, 3.63) is 132 Å². The molecule has 0 fully saturated rings. The van der Waals surface area contributed by atoms with Crippen LogP contribution < -0.4 is 32.3 Å². The third-order valence-electron chi connectivity index (χ3n) is 9.64. The molecular formula is C44H52N6O8Si. The molecule has 14 nitrogen and oxygen atoms in total. The molecule has 0 aliphatic carbocycles. The standard InChI is InChI=1S/C44H52N6O8Si/c1-31(18-13-16-26-37(45)51)46-41(54)56-28-29-57-59(32-19-9-7-10-20-32,33-21-11-8-12-22-33)44(5,6)40(53)48-35-24-17-27-49(39(35)52)30-38-47-34-23-14-15-25-36(34)50(38)42(55)58-43(2,3)4/h7-12,14-17,19-27,31H,13,18,28-30H2,1-6H3,(H2,45,51)(H,46,54)(H,48,53)/b26-16+/t31-/m0/s1. The molecule has 2 aromatic heterocycles. The van der Waals surface area contributed by atoms with Crippen LogP contribution in [0.1, 0.15) is 60.2 Å². The number of alkyl carbamates (subject to hydrolysis) is 1. The van der Waals surface area contributed by atoms with Gasteiger partial charge in [0.2, 0.25) is 11.8 Å². The van der Waals surface area contributed by atoms with Crippen LogP contribution in [0.5, 0.6) is 0 Å². The van der Waals surface area contributed by atoms with E-state index in [-0.39, 0.29) is 37.3 Å². The highest BCUT2D eigenvalue weighted by Gasteiger charge is 2.57. The summed E-state index contributed by atoms with van der Waals surface area (Å²) < 4.78 is 20.8. The molecule has 1 atom stereocenters.